The van der Waals surface area contributed by atoms with Gasteiger partial charge in [0.25, 0.3) is 0 Å². The number of carbonyl (C=O) groups is 2. The Labute approximate surface area is 228 Å². The van der Waals surface area contributed by atoms with Crippen LogP contribution in [0.5, 0.6) is 0 Å². The molecule has 0 aromatic rings. The highest BCUT2D eigenvalue weighted by Gasteiger charge is 2.86. The van der Waals surface area contributed by atoms with Gasteiger partial charge in [-0.1, -0.05) is 32.1 Å². The lowest BCUT2D eigenvalue weighted by Crippen LogP contribution is -2.69. The summed E-state index contributed by atoms with van der Waals surface area (Å²) in [5, 5.41) is 20.9. The molecule has 5 unspecified atom stereocenters. The van der Waals surface area contributed by atoms with E-state index >= 15 is 0 Å². The Hall–Kier alpha value is -1.82. The van der Waals surface area contributed by atoms with Crippen LogP contribution in [0.3, 0.4) is 0 Å². The van der Waals surface area contributed by atoms with Crippen LogP contribution in [0.4, 0.5) is 0 Å². The fourth-order valence-corrected chi connectivity index (χ4v) is 7.75. The molecule has 4 heterocycles. The van der Waals surface area contributed by atoms with Gasteiger partial charge >= 0.3 is 11.9 Å². The Morgan fingerprint density at radius 1 is 1.08 bits per heavy atom. The number of allylic oxidation sites excluding steroid dienone is 2. The summed E-state index contributed by atoms with van der Waals surface area (Å²) in [5.74, 6) is -1.63. The number of epoxide rings is 2. The zero-order chi connectivity index (χ0) is 27.8. The maximum Gasteiger partial charge on any atom is 0.335 e. The third-order valence-corrected chi connectivity index (χ3v) is 10.6. The van der Waals surface area contributed by atoms with Crippen molar-refractivity contribution >= 4 is 11.9 Å². The molecule has 216 valence electrons. The van der Waals surface area contributed by atoms with E-state index in [0.29, 0.717) is 25.9 Å². The fraction of sp³-hybridized carbons (Fsp3) is 0.793. The van der Waals surface area contributed by atoms with Crippen molar-refractivity contribution in [2.75, 3.05) is 19.8 Å². The standard InChI is InChI=1S/C29H40O10/c1-16-9-12-34-18(17(2)30)7-5-6-8-21(31)37-19-13-20-29(15-36-29)27(19,4)28(14-35-25(33)22(16)32)11-10-26(3)23(39-26)24(28)38-20/h5-8,16-20,22-24,30,32H,9-15H2,1-4H3/b7-5+,8-6-/t16?,17?,18?,19-,20-,22?,23+,24-,26-,27-,28-,29?/m1/s1. The average Bonchev–Trinajstić information content (AvgIpc) is 3.80. The van der Waals surface area contributed by atoms with Crippen LogP contribution in [0.1, 0.15) is 53.4 Å². The Kier molecular flexibility index (Phi) is 6.56. The topological polar surface area (TPSA) is 137 Å². The van der Waals surface area contributed by atoms with Crippen LogP contribution >= 0.6 is 0 Å². The van der Waals surface area contributed by atoms with Gasteiger partial charge in [0.05, 0.1) is 35.9 Å². The summed E-state index contributed by atoms with van der Waals surface area (Å²) in [5.41, 5.74) is -2.35. The van der Waals surface area contributed by atoms with Crippen molar-refractivity contribution in [1.82, 2.24) is 0 Å². The molecule has 2 N–H and O–H groups in total. The van der Waals surface area contributed by atoms with Gasteiger partial charge in [-0.15, -0.1) is 0 Å². The van der Waals surface area contributed by atoms with Crippen LogP contribution in [0.15, 0.2) is 24.3 Å². The van der Waals surface area contributed by atoms with Gasteiger partial charge in [-0.05, 0) is 39.0 Å². The van der Waals surface area contributed by atoms with Crippen LogP contribution in [-0.4, -0.2) is 95.9 Å². The number of esters is 2. The minimum atomic E-state index is -1.34. The van der Waals surface area contributed by atoms with E-state index in [2.05, 4.69) is 13.8 Å². The van der Waals surface area contributed by atoms with Crippen molar-refractivity contribution in [3.8, 4) is 0 Å². The molecule has 6 rings (SSSR count). The lowest BCUT2D eigenvalue weighted by Gasteiger charge is -2.58. The fourth-order valence-electron chi connectivity index (χ4n) is 7.75. The number of fused-ring (bicyclic) bond motifs is 2. The Morgan fingerprint density at radius 2 is 1.85 bits per heavy atom. The maximum absolute atomic E-state index is 13.2. The van der Waals surface area contributed by atoms with Gasteiger partial charge in [0.1, 0.15) is 30.5 Å². The molecule has 0 amide bonds. The first-order valence-electron chi connectivity index (χ1n) is 14.1. The molecular weight excluding hydrogens is 508 g/mol. The first kappa shape index (κ1) is 27.4. The molecular formula is C29H40O10. The monoisotopic (exact) mass is 548 g/mol. The average molecular weight is 549 g/mol. The highest BCUT2D eigenvalue weighted by molar-refractivity contribution is 5.82. The molecule has 4 aliphatic heterocycles. The molecule has 2 saturated carbocycles. The van der Waals surface area contributed by atoms with Crippen LogP contribution in [-0.2, 0) is 38.0 Å². The first-order valence-corrected chi connectivity index (χ1v) is 14.1. The summed E-state index contributed by atoms with van der Waals surface area (Å²) >= 11 is 0. The second-order valence-corrected chi connectivity index (χ2v) is 12.7. The molecule has 0 radical (unpaired) electrons. The Balaban J connectivity index is 1.36. The van der Waals surface area contributed by atoms with Gasteiger partial charge in [-0.2, -0.15) is 0 Å². The summed E-state index contributed by atoms with van der Waals surface area (Å²) in [4.78, 5) is 26.2. The van der Waals surface area contributed by atoms with Crippen molar-refractivity contribution in [2.24, 2.45) is 16.7 Å². The number of aliphatic hydroxyl groups excluding tert-OH is 2. The van der Waals surface area contributed by atoms with E-state index < -0.39 is 58.7 Å². The molecule has 12 atom stereocenters. The van der Waals surface area contributed by atoms with Crippen molar-refractivity contribution in [3.05, 3.63) is 24.3 Å². The van der Waals surface area contributed by atoms with Gasteiger partial charge in [-0.25, -0.2) is 9.59 Å². The van der Waals surface area contributed by atoms with E-state index in [1.807, 2.05) is 0 Å². The normalized spacial score (nSPS) is 53.7. The number of rotatable bonds is 1. The van der Waals surface area contributed by atoms with Crippen molar-refractivity contribution < 1.29 is 48.2 Å². The van der Waals surface area contributed by atoms with Gasteiger partial charge < -0.3 is 38.6 Å². The van der Waals surface area contributed by atoms with Crippen LogP contribution < -0.4 is 0 Å². The second kappa shape index (κ2) is 9.36. The molecule has 6 aliphatic rings. The Bertz CT molecular complexity index is 1070. The summed E-state index contributed by atoms with van der Waals surface area (Å²) in [6, 6.07) is 0. The van der Waals surface area contributed by atoms with E-state index in [9.17, 15) is 19.8 Å². The molecule has 2 spiro atoms. The number of aliphatic hydroxyl groups is 2. The lowest BCUT2D eigenvalue weighted by atomic mass is 9.50. The minimum absolute atomic E-state index is 0.00220. The van der Waals surface area contributed by atoms with E-state index in [-0.39, 0.29) is 37.1 Å². The molecule has 0 aromatic heterocycles. The van der Waals surface area contributed by atoms with Crippen molar-refractivity contribution in [3.63, 3.8) is 0 Å². The summed E-state index contributed by atoms with van der Waals surface area (Å²) in [6.45, 7) is 8.23. The molecule has 2 bridgehead atoms. The number of carbonyl (C=O) groups excluding carboxylic acids is 2. The molecule has 10 nitrogen and oxygen atoms in total. The second-order valence-electron chi connectivity index (χ2n) is 12.7. The third-order valence-electron chi connectivity index (χ3n) is 10.6. The predicted octanol–water partition coefficient (Wildman–Crippen LogP) is 1.60. The quantitative estimate of drug-likeness (QED) is 0.367. The van der Waals surface area contributed by atoms with Gasteiger partial charge in [0.2, 0.25) is 0 Å². The predicted molar refractivity (Wildman–Crippen MR) is 135 cm³/mol. The van der Waals surface area contributed by atoms with Gasteiger partial charge in [0.15, 0.2) is 6.10 Å². The molecule has 39 heavy (non-hydrogen) atoms. The minimum Gasteiger partial charge on any atom is -0.463 e. The maximum atomic E-state index is 13.2. The third kappa shape index (κ3) is 4.05. The molecule has 10 heteroatoms. The number of hydrogen-bond acceptors (Lipinski definition) is 10. The smallest absolute Gasteiger partial charge is 0.335 e. The molecule has 2 aliphatic carbocycles. The van der Waals surface area contributed by atoms with E-state index in [1.54, 1.807) is 32.1 Å². The van der Waals surface area contributed by atoms with Crippen molar-refractivity contribution in [1.29, 1.82) is 0 Å². The lowest BCUT2D eigenvalue weighted by molar-refractivity contribution is -0.252. The van der Waals surface area contributed by atoms with E-state index in [0.717, 1.165) is 6.42 Å². The van der Waals surface area contributed by atoms with Crippen LogP contribution in [0.2, 0.25) is 0 Å². The summed E-state index contributed by atoms with van der Waals surface area (Å²) in [6.07, 6.45) is 4.42. The van der Waals surface area contributed by atoms with Crippen LogP contribution in [0, 0.1) is 16.7 Å². The largest absolute Gasteiger partial charge is 0.463 e. The first-order chi connectivity index (χ1) is 18.5. The van der Waals surface area contributed by atoms with E-state index in [1.165, 1.54) is 6.08 Å². The molecule has 0 aromatic carbocycles. The van der Waals surface area contributed by atoms with Crippen LogP contribution in [0.25, 0.3) is 0 Å². The number of ether oxygens (including phenoxy) is 6. The molecule has 3 saturated heterocycles. The highest BCUT2D eigenvalue weighted by atomic mass is 16.7. The van der Waals surface area contributed by atoms with E-state index in [4.69, 9.17) is 28.4 Å². The van der Waals surface area contributed by atoms with Gasteiger partial charge in [-0.3, -0.25) is 0 Å². The Morgan fingerprint density at radius 3 is 2.56 bits per heavy atom. The highest BCUT2D eigenvalue weighted by Crippen LogP contribution is 2.75. The SMILES string of the molecule is CC(O)C1/C=C/C=C\C(=O)O[C@@H]2C[C@H]3O[C@@H]4[C@@H]5O[C@]5(C)CC[C@]4(COC(=O)C(O)C(C)CCO1)[C@]2(C)C31CO1. The number of cyclic esters (lactones) is 1. The van der Waals surface area contributed by atoms with Gasteiger partial charge in [0, 0.05) is 24.5 Å². The van der Waals surface area contributed by atoms with Crippen molar-refractivity contribution in [2.45, 2.75) is 107 Å². The zero-order valence-corrected chi connectivity index (χ0v) is 23.0. The summed E-state index contributed by atoms with van der Waals surface area (Å²) in [7, 11) is 0. The molecule has 5 fully saturated rings. The summed E-state index contributed by atoms with van der Waals surface area (Å²) < 4.78 is 36.8. The number of hydrogen-bond donors (Lipinski definition) is 2. The zero-order valence-electron chi connectivity index (χ0n) is 23.0.